The van der Waals surface area contributed by atoms with Crippen LogP contribution in [0, 0.1) is 0 Å². The number of nitrogens with zero attached hydrogens (tertiary/aromatic N) is 2. The van der Waals surface area contributed by atoms with Gasteiger partial charge in [0, 0.05) is 0 Å². The van der Waals surface area contributed by atoms with E-state index in [0.29, 0.717) is 5.56 Å². The molecule has 0 radical (unpaired) electrons. The highest BCUT2D eigenvalue weighted by atomic mass is 16.6. The zero-order valence-corrected chi connectivity index (χ0v) is 16.5. The number of hydrogen-bond donors (Lipinski definition) is 0. The number of benzene rings is 2. The molecule has 3 rings (SSSR count). The van der Waals surface area contributed by atoms with Gasteiger partial charge in [0.25, 0.3) is 0 Å². The van der Waals surface area contributed by atoms with Crippen LogP contribution in [0.5, 0.6) is 0 Å². The molecule has 0 aliphatic carbocycles. The van der Waals surface area contributed by atoms with Crippen LogP contribution in [-0.4, -0.2) is 36.0 Å². The standard InChI is InChI=1S/C22H24N2O4/c1-21(2,3)28-20(26)24-15-23-22(19(25)27-4,17-13-9-6-10-14-17)18(24)16-11-7-5-8-12-16/h5-15,18H,1-4H3/t18-,22+/m0/s1. The van der Waals surface area contributed by atoms with Gasteiger partial charge in [-0.3, -0.25) is 4.90 Å². The zero-order chi connectivity index (χ0) is 20.4. The maximum absolute atomic E-state index is 13.1. The van der Waals surface area contributed by atoms with Crippen LogP contribution in [-0.2, 0) is 19.8 Å². The normalized spacial score (nSPS) is 21.4. The Kier molecular flexibility index (Phi) is 5.23. The van der Waals surface area contributed by atoms with E-state index < -0.39 is 29.2 Å². The molecule has 0 fully saturated rings. The first-order valence-electron chi connectivity index (χ1n) is 9.05. The second-order valence-electron chi connectivity index (χ2n) is 7.57. The van der Waals surface area contributed by atoms with Gasteiger partial charge in [0.1, 0.15) is 11.6 Å². The molecule has 1 aliphatic heterocycles. The molecule has 0 N–H and O–H groups in total. The minimum Gasteiger partial charge on any atom is -0.467 e. The first kappa shape index (κ1) is 19.6. The van der Waals surface area contributed by atoms with Crippen molar-refractivity contribution in [2.45, 2.75) is 38.0 Å². The molecule has 28 heavy (non-hydrogen) atoms. The molecule has 0 saturated carbocycles. The third-order valence-electron chi connectivity index (χ3n) is 4.49. The van der Waals surface area contributed by atoms with E-state index in [1.54, 1.807) is 20.8 Å². The lowest BCUT2D eigenvalue weighted by molar-refractivity contribution is -0.149. The molecule has 0 saturated heterocycles. The third kappa shape index (κ3) is 3.50. The first-order valence-corrected chi connectivity index (χ1v) is 9.05. The lowest BCUT2D eigenvalue weighted by Crippen LogP contribution is -2.46. The lowest BCUT2D eigenvalue weighted by Gasteiger charge is -2.35. The summed E-state index contributed by atoms with van der Waals surface area (Å²) in [4.78, 5) is 31.9. The molecule has 2 atom stereocenters. The van der Waals surface area contributed by atoms with Gasteiger partial charge in [0.15, 0.2) is 0 Å². The van der Waals surface area contributed by atoms with Crippen molar-refractivity contribution in [3.05, 3.63) is 71.8 Å². The highest BCUT2D eigenvalue weighted by Gasteiger charge is 2.56. The van der Waals surface area contributed by atoms with E-state index in [1.165, 1.54) is 18.3 Å². The van der Waals surface area contributed by atoms with Gasteiger partial charge in [-0.1, -0.05) is 60.7 Å². The fraction of sp³-hybridized carbons (Fsp3) is 0.318. The summed E-state index contributed by atoms with van der Waals surface area (Å²) in [6, 6.07) is 17.7. The Morgan fingerprint density at radius 2 is 1.57 bits per heavy atom. The van der Waals surface area contributed by atoms with E-state index in [4.69, 9.17) is 9.47 Å². The van der Waals surface area contributed by atoms with E-state index in [9.17, 15) is 9.59 Å². The maximum Gasteiger partial charge on any atom is 0.416 e. The van der Waals surface area contributed by atoms with Gasteiger partial charge < -0.3 is 9.47 Å². The Balaban J connectivity index is 2.17. The predicted molar refractivity (Wildman–Crippen MR) is 106 cm³/mol. The number of methoxy groups -OCH3 is 1. The Hall–Kier alpha value is -3.15. The van der Waals surface area contributed by atoms with Gasteiger partial charge in [0.05, 0.1) is 13.4 Å². The van der Waals surface area contributed by atoms with Crippen molar-refractivity contribution >= 4 is 18.4 Å². The summed E-state index contributed by atoms with van der Waals surface area (Å²) in [5, 5.41) is 0. The molecule has 0 bridgehead atoms. The number of esters is 1. The molecule has 2 aromatic rings. The van der Waals surface area contributed by atoms with Crippen LogP contribution < -0.4 is 0 Å². The summed E-state index contributed by atoms with van der Waals surface area (Å²) in [6.45, 7) is 5.38. The second-order valence-corrected chi connectivity index (χ2v) is 7.57. The lowest BCUT2D eigenvalue weighted by atomic mass is 9.80. The number of carbonyl (C=O) groups excluding carboxylic acids is 2. The van der Waals surface area contributed by atoms with E-state index in [-0.39, 0.29) is 0 Å². The summed E-state index contributed by atoms with van der Waals surface area (Å²) < 4.78 is 10.7. The molecule has 1 heterocycles. The van der Waals surface area contributed by atoms with Crippen molar-refractivity contribution in [3.63, 3.8) is 0 Å². The number of amides is 1. The Labute approximate surface area is 164 Å². The molecule has 0 aromatic heterocycles. The van der Waals surface area contributed by atoms with Crippen molar-refractivity contribution in [1.29, 1.82) is 0 Å². The minimum atomic E-state index is -1.42. The van der Waals surface area contributed by atoms with Crippen LogP contribution in [0.1, 0.15) is 37.9 Å². The molecule has 0 spiro atoms. The number of hydrogen-bond acceptors (Lipinski definition) is 5. The average Bonchev–Trinajstić information content (AvgIpc) is 3.09. The number of rotatable bonds is 3. The molecule has 1 amide bonds. The smallest absolute Gasteiger partial charge is 0.416 e. The SMILES string of the molecule is COC(=O)[C@]1(c2ccccc2)N=CN(C(=O)OC(C)(C)C)[C@H]1c1ccccc1. The zero-order valence-electron chi connectivity index (χ0n) is 16.5. The van der Waals surface area contributed by atoms with Crippen LogP contribution in [0.4, 0.5) is 4.79 Å². The van der Waals surface area contributed by atoms with Gasteiger partial charge in [-0.25, -0.2) is 14.6 Å². The van der Waals surface area contributed by atoms with Crippen molar-refractivity contribution in [2.75, 3.05) is 7.11 Å². The molecule has 6 nitrogen and oxygen atoms in total. The largest absolute Gasteiger partial charge is 0.467 e. The summed E-state index contributed by atoms with van der Waals surface area (Å²) in [5.41, 5.74) is -0.720. The van der Waals surface area contributed by atoms with Crippen molar-refractivity contribution in [3.8, 4) is 0 Å². The van der Waals surface area contributed by atoms with Crippen molar-refractivity contribution < 1.29 is 19.1 Å². The molecule has 0 unspecified atom stereocenters. The number of aliphatic imine (C=N–C) groups is 1. The molecule has 1 aliphatic rings. The average molecular weight is 380 g/mol. The molecule has 6 heteroatoms. The number of carbonyl (C=O) groups is 2. The van der Waals surface area contributed by atoms with Gasteiger partial charge in [-0.2, -0.15) is 0 Å². The van der Waals surface area contributed by atoms with Gasteiger partial charge in [0.2, 0.25) is 5.54 Å². The Morgan fingerprint density at radius 1 is 1.00 bits per heavy atom. The topological polar surface area (TPSA) is 68.2 Å². The van der Waals surface area contributed by atoms with Crippen molar-refractivity contribution in [1.82, 2.24) is 4.90 Å². The molecule has 146 valence electrons. The Morgan fingerprint density at radius 3 is 2.11 bits per heavy atom. The highest BCUT2D eigenvalue weighted by Crippen LogP contribution is 2.47. The molecular formula is C22H24N2O4. The second kappa shape index (κ2) is 7.46. The first-order chi connectivity index (χ1) is 13.3. The minimum absolute atomic E-state index is 0.546. The van der Waals surface area contributed by atoms with E-state index >= 15 is 0 Å². The highest BCUT2D eigenvalue weighted by molar-refractivity contribution is 5.94. The predicted octanol–water partition coefficient (Wildman–Crippen LogP) is 4.08. The quantitative estimate of drug-likeness (QED) is 0.753. The van der Waals surface area contributed by atoms with Crippen molar-refractivity contribution in [2.24, 2.45) is 4.99 Å². The molecule has 2 aromatic carbocycles. The number of ether oxygens (including phenoxy) is 2. The van der Waals surface area contributed by atoms with E-state index in [1.807, 2.05) is 60.7 Å². The monoisotopic (exact) mass is 380 g/mol. The Bertz CT molecular complexity index is 874. The van der Waals surface area contributed by atoms with Crippen LogP contribution in [0.15, 0.2) is 65.7 Å². The van der Waals surface area contributed by atoms with Crippen LogP contribution in [0.25, 0.3) is 0 Å². The van der Waals surface area contributed by atoms with Gasteiger partial charge >= 0.3 is 12.1 Å². The van der Waals surface area contributed by atoms with Crippen LogP contribution in [0.2, 0.25) is 0 Å². The summed E-state index contributed by atoms with van der Waals surface area (Å²) in [5.74, 6) is -0.546. The maximum atomic E-state index is 13.1. The van der Waals surface area contributed by atoms with Gasteiger partial charge in [-0.05, 0) is 31.9 Å². The third-order valence-corrected chi connectivity index (χ3v) is 4.49. The summed E-state index contributed by atoms with van der Waals surface area (Å²) in [6.07, 6.45) is 0.794. The summed E-state index contributed by atoms with van der Waals surface area (Å²) >= 11 is 0. The van der Waals surface area contributed by atoms with E-state index in [2.05, 4.69) is 4.99 Å². The van der Waals surface area contributed by atoms with Gasteiger partial charge in [-0.15, -0.1) is 0 Å². The fourth-order valence-electron chi connectivity index (χ4n) is 3.36. The fourth-order valence-corrected chi connectivity index (χ4v) is 3.36. The van der Waals surface area contributed by atoms with E-state index in [0.717, 1.165) is 5.56 Å². The molecular weight excluding hydrogens is 356 g/mol. The van der Waals surface area contributed by atoms with Crippen LogP contribution in [0.3, 0.4) is 0 Å². The summed E-state index contributed by atoms with van der Waals surface area (Å²) in [7, 11) is 1.32. The van der Waals surface area contributed by atoms with Crippen LogP contribution >= 0.6 is 0 Å².